The summed E-state index contributed by atoms with van der Waals surface area (Å²) < 4.78 is 0.824. The predicted molar refractivity (Wildman–Crippen MR) is 127 cm³/mol. The zero-order valence-corrected chi connectivity index (χ0v) is 19.6. The van der Waals surface area contributed by atoms with Crippen LogP contribution in [0, 0.1) is 29.6 Å². The minimum Gasteiger partial charge on any atom is -0.397 e. The average molecular weight is 479 g/mol. The predicted octanol–water partition coefficient (Wildman–Crippen LogP) is 3.75. The second-order valence-corrected chi connectivity index (χ2v) is 7.95. The van der Waals surface area contributed by atoms with Crippen LogP contribution >= 0.6 is 15.9 Å². The third-order valence-electron chi connectivity index (χ3n) is 4.21. The van der Waals surface area contributed by atoms with Crippen molar-refractivity contribution in [2.24, 2.45) is 0 Å². The molecule has 0 amide bonds. The number of rotatable bonds is 3. The molecule has 158 valence electrons. The van der Waals surface area contributed by atoms with Gasteiger partial charge < -0.3 is 15.5 Å². The van der Waals surface area contributed by atoms with E-state index in [1.807, 2.05) is 57.0 Å². The van der Waals surface area contributed by atoms with Crippen LogP contribution in [0.4, 0.5) is 17.3 Å². The van der Waals surface area contributed by atoms with Gasteiger partial charge in [-0.15, -0.1) is 0 Å². The number of nitrogens with zero attached hydrogens (tertiary/aromatic N) is 7. The van der Waals surface area contributed by atoms with Crippen LogP contribution in [0.25, 0.3) is 11.1 Å². The number of aromatic nitrogens is 3. The van der Waals surface area contributed by atoms with Crippen LogP contribution < -0.4 is 15.5 Å². The summed E-state index contributed by atoms with van der Waals surface area (Å²) in [5.74, 6) is 1.35. The Morgan fingerprint density at radius 2 is 1.39 bits per heavy atom. The first-order valence-electron chi connectivity index (χ1n) is 9.20. The number of halogens is 1. The molecule has 3 aromatic rings. The smallest absolute Gasteiger partial charge is 0.146 e. The molecule has 31 heavy (non-hydrogen) atoms. The van der Waals surface area contributed by atoms with E-state index < -0.39 is 0 Å². The van der Waals surface area contributed by atoms with Gasteiger partial charge in [-0.3, -0.25) is 4.98 Å². The Hall–Kier alpha value is -3.69. The van der Waals surface area contributed by atoms with Gasteiger partial charge in [0, 0.05) is 61.9 Å². The van der Waals surface area contributed by atoms with Gasteiger partial charge in [-0.1, -0.05) is 0 Å². The second kappa shape index (κ2) is 10.4. The topological polar surface area (TPSA) is 119 Å². The van der Waals surface area contributed by atoms with E-state index in [9.17, 15) is 5.26 Å². The first-order valence-corrected chi connectivity index (χ1v) is 10.00. The minimum atomic E-state index is 0.532. The van der Waals surface area contributed by atoms with Crippen molar-refractivity contribution in [3.8, 4) is 23.3 Å². The molecule has 0 atom stereocenters. The first-order chi connectivity index (χ1) is 14.7. The van der Waals surface area contributed by atoms with Gasteiger partial charge in [-0.05, 0) is 41.1 Å². The number of nitriles is 2. The van der Waals surface area contributed by atoms with Crippen LogP contribution in [0.3, 0.4) is 0 Å². The Labute approximate surface area is 190 Å². The highest BCUT2D eigenvalue weighted by molar-refractivity contribution is 9.10. The number of hydrogen-bond acceptors (Lipinski definition) is 8. The molecule has 8 nitrogen and oxygen atoms in total. The summed E-state index contributed by atoms with van der Waals surface area (Å²) in [6.07, 6.45) is 5.03. The molecule has 0 unspecified atom stereocenters. The standard InChI is InChI=1S/C14H15N5.C8H8BrN3/c1-9-13(5-12(16)8-17-9)11-4-10(6-15)14(18-7-11)19(2)3;1-12(2)8-6(4-10)3-7(9)5-11-8/h4-5,7-8H,16H2,1-3H3;3,5H,1-2H3. The number of pyridine rings is 3. The van der Waals surface area contributed by atoms with Crippen molar-refractivity contribution in [2.45, 2.75) is 6.92 Å². The molecular formula is C22H23BrN8. The van der Waals surface area contributed by atoms with E-state index >= 15 is 0 Å². The lowest BCUT2D eigenvalue weighted by atomic mass is 10.0. The van der Waals surface area contributed by atoms with Crippen molar-refractivity contribution < 1.29 is 0 Å². The van der Waals surface area contributed by atoms with Gasteiger partial charge >= 0.3 is 0 Å². The molecule has 0 bridgehead atoms. The van der Waals surface area contributed by atoms with Crippen molar-refractivity contribution in [1.82, 2.24) is 15.0 Å². The minimum absolute atomic E-state index is 0.532. The Morgan fingerprint density at radius 1 is 0.839 bits per heavy atom. The third-order valence-corrected chi connectivity index (χ3v) is 4.64. The van der Waals surface area contributed by atoms with Crippen LogP contribution in [0.5, 0.6) is 0 Å². The molecule has 0 radical (unpaired) electrons. The van der Waals surface area contributed by atoms with E-state index in [0.717, 1.165) is 21.3 Å². The first kappa shape index (κ1) is 23.6. The number of nitrogen functional groups attached to an aromatic ring is 1. The summed E-state index contributed by atoms with van der Waals surface area (Å²) in [7, 11) is 7.43. The lowest BCUT2D eigenvalue weighted by Gasteiger charge is -2.14. The van der Waals surface area contributed by atoms with E-state index in [1.165, 1.54) is 0 Å². The zero-order valence-electron chi connectivity index (χ0n) is 18.0. The molecule has 0 aromatic carbocycles. The Balaban J connectivity index is 0.000000245. The fourth-order valence-corrected chi connectivity index (χ4v) is 3.09. The summed E-state index contributed by atoms with van der Waals surface area (Å²) >= 11 is 3.25. The quantitative estimate of drug-likeness (QED) is 0.603. The largest absolute Gasteiger partial charge is 0.397 e. The van der Waals surface area contributed by atoms with Gasteiger partial charge in [-0.2, -0.15) is 10.5 Å². The summed E-state index contributed by atoms with van der Waals surface area (Å²) in [5, 5.41) is 18.0. The van der Waals surface area contributed by atoms with E-state index in [2.05, 4.69) is 43.0 Å². The lowest BCUT2D eigenvalue weighted by molar-refractivity contribution is 1.06. The molecule has 0 fully saturated rings. The maximum absolute atomic E-state index is 9.21. The van der Waals surface area contributed by atoms with E-state index in [1.54, 1.807) is 24.7 Å². The van der Waals surface area contributed by atoms with Crippen LogP contribution in [0.1, 0.15) is 16.8 Å². The molecule has 0 saturated carbocycles. The normalized spacial score (nSPS) is 9.68. The molecule has 9 heteroatoms. The van der Waals surface area contributed by atoms with Crippen molar-refractivity contribution in [3.05, 3.63) is 58.1 Å². The monoisotopic (exact) mass is 478 g/mol. The number of hydrogen-bond donors (Lipinski definition) is 1. The van der Waals surface area contributed by atoms with E-state index in [0.29, 0.717) is 28.5 Å². The molecule has 0 aliphatic carbocycles. The molecule has 0 spiro atoms. The number of aryl methyl sites for hydroxylation is 1. The van der Waals surface area contributed by atoms with Gasteiger partial charge in [0.25, 0.3) is 0 Å². The van der Waals surface area contributed by atoms with Gasteiger partial charge in [0.05, 0.1) is 23.0 Å². The molecule has 3 heterocycles. The molecule has 0 saturated heterocycles. The van der Waals surface area contributed by atoms with Gasteiger partial charge in [0.2, 0.25) is 0 Å². The van der Waals surface area contributed by atoms with Crippen LogP contribution in [-0.4, -0.2) is 43.1 Å². The maximum atomic E-state index is 9.21. The summed E-state index contributed by atoms with van der Waals surface area (Å²) in [6.45, 7) is 1.90. The maximum Gasteiger partial charge on any atom is 0.146 e. The lowest BCUT2D eigenvalue weighted by Crippen LogP contribution is -2.12. The third kappa shape index (κ3) is 5.91. The van der Waals surface area contributed by atoms with E-state index in [-0.39, 0.29) is 0 Å². The average Bonchev–Trinajstić information content (AvgIpc) is 2.74. The van der Waals surface area contributed by atoms with Gasteiger partial charge in [0.1, 0.15) is 23.8 Å². The molecule has 3 rings (SSSR count). The second-order valence-electron chi connectivity index (χ2n) is 7.03. The fourth-order valence-electron chi connectivity index (χ4n) is 2.76. The molecule has 3 aromatic heterocycles. The number of nitrogens with two attached hydrogens (primary N) is 1. The summed E-state index contributed by atoms with van der Waals surface area (Å²) in [4.78, 5) is 16.3. The van der Waals surface area contributed by atoms with Crippen molar-refractivity contribution >= 4 is 33.3 Å². The molecule has 0 aliphatic rings. The summed E-state index contributed by atoms with van der Waals surface area (Å²) in [6, 6.07) is 9.66. The number of anilines is 3. The van der Waals surface area contributed by atoms with Gasteiger partial charge in [0.15, 0.2) is 0 Å². The highest BCUT2D eigenvalue weighted by atomic mass is 79.9. The highest BCUT2D eigenvalue weighted by Crippen LogP contribution is 2.27. The SMILES string of the molecule is CN(C)c1ncc(Br)cc1C#N.Cc1ncc(N)cc1-c1cnc(N(C)C)c(C#N)c1. The van der Waals surface area contributed by atoms with Crippen LogP contribution in [0.15, 0.2) is 41.3 Å². The van der Waals surface area contributed by atoms with Gasteiger partial charge in [-0.25, -0.2) is 9.97 Å². The van der Waals surface area contributed by atoms with Crippen LogP contribution in [-0.2, 0) is 0 Å². The van der Waals surface area contributed by atoms with Crippen molar-refractivity contribution in [3.63, 3.8) is 0 Å². The van der Waals surface area contributed by atoms with E-state index in [4.69, 9.17) is 11.0 Å². The van der Waals surface area contributed by atoms with Crippen molar-refractivity contribution in [1.29, 1.82) is 10.5 Å². The molecule has 0 aliphatic heterocycles. The Bertz CT molecular complexity index is 1160. The summed E-state index contributed by atoms with van der Waals surface area (Å²) in [5.41, 5.74) is 10.1. The highest BCUT2D eigenvalue weighted by Gasteiger charge is 2.10. The fraction of sp³-hybridized carbons (Fsp3) is 0.227. The van der Waals surface area contributed by atoms with Crippen molar-refractivity contribution in [2.75, 3.05) is 43.7 Å². The Kier molecular flexibility index (Phi) is 7.89. The molecule has 2 N–H and O–H groups in total. The molecular weight excluding hydrogens is 456 g/mol. The Morgan fingerprint density at radius 3 is 1.94 bits per heavy atom. The zero-order chi connectivity index (χ0) is 23.1. The van der Waals surface area contributed by atoms with Crippen LogP contribution in [0.2, 0.25) is 0 Å².